The molecule has 0 aromatic heterocycles. The Labute approximate surface area is 105 Å². The highest BCUT2D eigenvalue weighted by atomic mass is 32.2. The van der Waals surface area contributed by atoms with E-state index in [9.17, 15) is 8.42 Å². The highest BCUT2D eigenvalue weighted by Crippen LogP contribution is 2.31. The number of hydrogen-bond acceptors (Lipinski definition) is 3. The van der Waals surface area contributed by atoms with Gasteiger partial charge in [0.1, 0.15) is 0 Å². The van der Waals surface area contributed by atoms with Gasteiger partial charge in [0, 0.05) is 19.1 Å². The first kappa shape index (κ1) is 13.3. The Hall–Kier alpha value is -0.130. The van der Waals surface area contributed by atoms with Gasteiger partial charge in [0.25, 0.3) is 0 Å². The Kier molecular flexibility index (Phi) is 3.54. The predicted octanol–water partition coefficient (Wildman–Crippen LogP) is 1.05. The maximum absolute atomic E-state index is 12.3. The van der Waals surface area contributed by atoms with Gasteiger partial charge in [-0.15, -0.1) is 0 Å². The van der Waals surface area contributed by atoms with Gasteiger partial charge in [-0.2, -0.15) is 4.31 Å². The van der Waals surface area contributed by atoms with Gasteiger partial charge in [-0.05, 0) is 30.7 Å². The molecule has 2 aliphatic heterocycles. The zero-order valence-electron chi connectivity index (χ0n) is 11.1. The van der Waals surface area contributed by atoms with Crippen LogP contribution in [0.2, 0.25) is 0 Å². The summed E-state index contributed by atoms with van der Waals surface area (Å²) in [6.45, 7) is 8.81. The standard InChI is InChI=1S/C12H24N2O2S/c1-12(2,3)5-7-17(15,16)14-6-4-10-8-13-9-11(10)14/h10-11,13H,4-9H2,1-3H3/t10-,11+/m0/s1. The van der Waals surface area contributed by atoms with Crippen LogP contribution in [-0.2, 0) is 10.0 Å². The molecule has 2 aliphatic rings. The third kappa shape index (κ3) is 3.01. The maximum Gasteiger partial charge on any atom is 0.214 e. The van der Waals surface area contributed by atoms with E-state index in [1.54, 1.807) is 4.31 Å². The molecule has 2 fully saturated rings. The van der Waals surface area contributed by atoms with Crippen LogP contribution in [0.25, 0.3) is 0 Å². The zero-order valence-corrected chi connectivity index (χ0v) is 11.9. The van der Waals surface area contributed by atoms with E-state index >= 15 is 0 Å². The summed E-state index contributed by atoms with van der Waals surface area (Å²) in [7, 11) is -3.05. The predicted molar refractivity (Wildman–Crippen MR) is 69.3 cm³/mol. The fourth-order valence-electron chi connectivity index (χ4n) is 2.71. The largest absolute Gasteiger partial charge is 0.315 e. The third-order valence-corrected chi connectivity index (χ3v) is 5.75. The molecule has 0 amide bonds. The highest BCUT2D eigenvalue weighted by Gasteiger charge is 2.43. The van der Waals surface area contributed by atoms with Crippen LogP contribution in [0.3, 0.4) is 0 Å². The van der Waals surface area contributed by atoms with Crippen LogP contribution >= 0.6 is 0 Å². The Morgan fingerprint density at radius 3 is 2.65 bits per heavy atom. The summed E-state index contributed by atoms with van der Waals surface area (Å²) in [6, 6.07) is 0.222. The van der Waals surface area contributed by atoms with E-state index in [4.69, 9.17) is 0 Å². The number of fused-ring (bicyclic) bond motifs is 1. The molecule has 0 radical (unpaired) electrons. The lowest BCUT2D eigenvalue weighted by Gasteiger charge is -2.25. The highest BCUT2D eigenvalue weighted by molar-refractivity contribution is 7.89. The second-order valence-corrected chi connectivity index (χ2v) is 8.55. The van der Waals surface area contributed by atoms with Gasteiger partial charge in [0.05, 0.1) is 5.75 Å². The molecule has 0 unspecified atom stereocenters. The Balaban J connectivity index is 2.01. The molecule has 17 heavy (non-hydrogen) atoms. The molecule has 100 valence electrons. The van der Waals surface area contributed by atoms with Crippen molar-refractivity contribution in [2.75, 3.05) is 25.4 Å². The van der Waals surface area contributed by atoms with E-state index in [2.05, 4.69) is 26.1 Å². The molecule has 0 aromatic carbocycles. The Bertz CT molecular complexity index is 372. The molecule has 2 heterocycles. The average molecular weight is 260 g/mol. The first-order valence-electron chi connectivity index (χ1n) is 6.50. The molecule has 4 nitrogen and oxygen atoms in total. The second kappa shape index (κ2) is 4.52. The average Bonchev–Trinajstić information content (AvgIpc) is 2.73. The molecule has 2 saturated heterocycles. The molecule has 5 heteroatoms. The summed E-state index contributed by atoms with van der Waals surface area (Å²) < 4.78 is 26.4. The Morgan fingerprint density at radius 2 is 2.00 bits per heavy atom. The van der Waals surface area contributed by atoms with Crippen LogP contribution in [0.4, 0.5) is 0 Å². The first-order chi connectivity index (χ1) is 7.80. The van der Waals surface area contributed by atoms with Gasteiger partial charge in [0.2, 0.25) is 10.0 Å². The van der Waals surface area contributed by atoms with Crippen LogP contribution in [0.5, 0.6) is 0 Å². The minimum absolute atomic E-state index is 0.0835. The van der Waals surface area contributed by atoms with Crippen molar-refractivity contribution in [3.63, 3.8) is 0 Å². The van der Waals surface area contributed by atoms with Crippen LogP contribution < -0.4 is 5.32 Å². The van der Waals surface area contributed by atoms with Crippen molar-refractivity contribution in [3.05, 3.63) is 0 Å². The fourth-order valence-corrected chi connectivity index (χ4v) is 4.86. The van der Waals surface area contributed by atoms with E-state index in [1.165, 1.54) is 0 Å². The van der Waals surface area contributed by atoms with Crippen LogP contribution in [0.15, 0.2) is 0 Å². The SMILES string of the molecule is CC(C)(C)CCS(=O)(=O)N1CC[C@H]2CNC[C@H]21. The van der Waals surface area contributed by atoms with Gasteiger partial charge >= 0.3 is 0 Å². The summed E-state index contributed by atoms with van der Waals surface area (Å²) in [5.74, 6) is 0.833. The lowest BCUT2D eigenvalue weighted by molar-refractivity contribution is 0.364. The zero-order chi connectivity index (χ0) is 12.7. The lowest BCUT2D eigenvalue weighted by Crippen LogP contribution is -2.40. The van der Waals surface area contributed by atoms with Crippen molar-refractivity contribution >= 4 is 10.0 Å². The maximum atomic E-state index is 12.3. The first-order valence-corrected chi connectivity index (χ1v) is 8.11. The van der Waals surface area contributed by atoms with Crippen molar-refractivity contribution in [3.8, 4) is 0 Å². The topological polar surface area (TPSA) is 49.4 Å². The van der Waals surface area contributed by atoms with Gasteiger partial charge in [-0.1, -0.05) is 20.8 Å². The van der Waals surface area contributed by atoms with Gasteiger partial charge in [-0.25, -0.2) is 8.42 Å². The lowest BCUT2D eigenvalue weighted by atomic mass is 9.94. The number of rotatable bonds is 3. The molecule has 0 spiro atoms. The molecular weight excluding hydrogens is 236 g/mol. The van der Waals surface area contributed by atoms with Gasteiger partial charge in [0.15, 0.2) is 0 Å². The van der Waals surface area contributed by atoms with Gasteiger partial charge < -0.3 is 5.32 Å². The van der Waals surface area contributed by atoms with Crippen LogP contribution in [0, 0.1) is 11.3 Å². The minimum atomic E-state index is -3.05. The Morgan fingerprint density at radius 1 is 1.29 bits per heavy atom. The van der Waals surface area contributed by atoms with Crippen molar-refractivity contribution in [1.29, 1.82) is 0 Å². The molecule has 0 bridgehead atoms. The van der Waals surface area contributed by atoms with Gasteiger partial charge in [-0.3, -0.25) is 0 Å². The van der Waals surface area contributed by atoms with Crippen molar-refractivity contribution in [2.45, 2.75) is 39.7 Å². The summed E-state index contributed by atoms with van der Waals surface area (Å²) in [4.78, 5) is 0. The number of nitrogens with one attached hydrogen (secondary N) is 1. The van der Waals surface area contributed by atoms with E-state index in [-0.39, 0.29) is 11.5 Å². The monoisotopic (exact) mass is 260 g/mol. The van der Waals surface area contributed by atoms with E-state index < -0.39 is 10.0 Å². The second-order valence-electron chi connectivity index (χ2n) is 6.51. The molecular formula is C12H24N2O2S. The third-order valence-electron chi connectivity index (χ3n) is 3.86. The number of hydrogen-bond donors (Lipinski definition) is 1. The molecule has 0 saturated carbocycles. The minimum Gasteiger partial charge on any atom is -0.315 e. The van der Waals surface area contributed by atoms with Crippen LogP contribution in [-0.4, -0.2) is 44.2 Å². The van der Waals surface area contributed by atoms with Crippen molar-refractivity contribution < 1.29 is 8.42 Å². The summed E-state index contributed by atoms with van der Waals surface area (Å²) >= 11 is 0. The van der Waals surface area contributed by atoms with E-state index in [0.29, 0.717) is 11.7 Å². The smallest absolute Gasteiger partial charge is 0.214 e. The summed E-state index contributed by atoms with van der Waals surface area (Å²) in [6.07, 6.45) is 1.75. The normalized spacial score (nSPS) is 30.8. The summed E-state index contributed by atoms with van der Waals surface area (Å²) in [5.41, 5.74) is 0.0835. The molecule has 1 N–H and O–H groups in total. The quantitative estimate of drug-likeness (QED) is 0.825. The molecule has 0 aromatic rings. The van der Waals surface area contributed by atoms with Crippen LogP contribution in [0.1, 0.15) is 33.6 Å². The molecule has 0 aliphatic carbocycles. The van der Waals surface area contributed by atoms with E-state index in [1.807, 2.05) is 0 Å². The molecule has 2 rings (SSSR count). The van der Waals surface area contributed by atoms with E-state index in [0.717, 1.165) is 32.5 Å². The fraction of sp³-hybridized carbons (Fsp3) is 1.00. The molecule has 2 atom stereocenters. The summed E-state index contributed by atoms with van der Waals surface area (Å²) in [5, 5.41) is 3.29. The number of sulfonamides is 1. The van der Waals surface area contributed by atoms with Crippen molar-refractivity contribution in [1.82, 2.24) is 9.62 Å². The number of nitrogens with zero attached hydrogens (tertiary/aromatic N) is 1. The van der Waals surface area contributed by atoms with Crippen molar-refractivity contribution in [2.24, 2.45) is 11.3 Å².